The molecule has 50 heavy (non-hydrogen) atoms. The van der Waals surface area contributed by atoms with Crippen molar-refractivity contribution in [3.63, 3.8) is 0 Å². The lowest BCUT2D eigenvalue weighted by Crippen LogP contribution is -2.30. The Hall–Kier alpha value is -2.24. The quantitative estimate of drug-likeness (QED) is 0.185. The van der Waals surface area contributed by atoms with Crippen molar-refractivity contribution in [3.05, 3.63) is 0 Å². The number of ether oxygens (including phenoxy) is 7. The second-order valence-electron chi connectivity index (χ2n) is 13.6. The molecule has 0 radical (unpaired) electrons. The van der Waals surface area contributed by atoms with Gasteiger partial charge in [0.15, 0.2) is 25.3 Å². The van der Waals surface area contributed by atoms with Crippen molar-refractivity contribution in [2.75, 3.05) is 13.4 Å². The van der Waals surface area contributed by atoms with Crippen molar-refractivity contribution in [3.8, 4) is 0 Å². The second kappa shape index (κ2) is 21.3. The molecule has 11 nitrogen and oxygen atoms in total. The second-order valence-corrected chi connectivity index (χ2v) is 13.6. The molecule has 0 spiro atoms. The van der Waals surface area contributed by atoms with Crippen molar-refractivity contribution in [2.24, 2.45) is 35.5 Å². The van der Waals surface area contributed by atoms with Crippen molar-refractivity contribution in [1.29, 1.82) is 0 Å². The van der Waals surface area contributed by atoms with Crippen LogP contribution in [0.1, 0.15) is 139 Å². The third-order valence-corrected chi connectivity index (χ3v) is 10.8. The molecule has 11 aliphatic rings. The maximum Gasteiger partial charge on any atom is 0.309 e. The first-order valence-electron chi connectivity index (χ1n) is 20.0. The van der Waals surface area contributed by atoms with E-state index < -0.39 is 0 Å². The van der Waals surface area contributed by atoms with E-state index >= 15 is 0 Å². The van der Waals surface area contributed by atoms with Gasteiger partial charge in [0.05, 0.1) is 31.3 Å². The van der Waals surface area contributed by atoms with Crippen molar-refractivity contribution >= 4 is 23.9 Å². The van der Waals surface area contributed by atoms with Gasteiger partial charge in [-0.3, -0.25) is 19.2 Å². The first kappa shape index (κ1) is 42.2. The summed E-state index contributed by atoms with van der Waals surface area (Å²) in [5.41, 5.74) is 0. The Labute approximate surface area is 300 Å². The van der Waals surface area contributed by atoms with Crippen LogP contribution < -0.4 is 0 Å². The Morgan fingerprint density at radius 2 is 1.20 bits per heavy atom. The van der Waals surface area contributed by atoms with Crippen LogP contribution in [0.2, 0.25) is 0 Å². The molecule has 11 heteroatoms. The van der Waals surface area contributed by atoms with E-state index in [2.05, 4.69) is 0 Å². The summed E-state index contributed by atoms with van der Waals surface area (Å²) in [5, 5.41) is 0. The van der Waals surface area contributed by atoms with Crippen LogP contribution in [0.15, 0.2) is 0 Å². The van der Waals surface area contributed by atoms with E-state index in [0.717, 1.165) is 50.4 Å². The summed E-state index contributed by atoms with van der Waals surface area (Å²) in [6, 6.07) is 0. The summed E-state index contributed by atoms with van der Waals surface area (Å²) in [6.45, 7) is 16.9. The molecule has 11 fully saturated rings. The fourth-order valence-electron chi connectivity index (χ4n) is 8.86. The zero-order chi connectivity index (χ0) is 36.8. The highest BCUT2D eigenvalue weighted by atomic mass is 16.8. The molecule has 0 aromatic rings. The minimum atomic E-state index is -0.326. The molecular formula is C39H66O11. The Morgan fingerprint density at radius 3 is 1.86 bits per heavy atom. The van der Waals surface area contributed by atoms with Gasteiger partial charge in [0.25, 0.3) is 0 Å². The normalized spacial score (nSPS) is 39.4. The molecule has 11 rings (SSSR count). The summed E-state index contributed by atoms with van der Waals surface area (Å²) >= 11 is 0. The van der Waals surface area contributed by atoms with Gasteiger partial charge in [-0.25, -0.2) is 0 Å². The van der Waals surface area contributed by atoms with E-state index in [1.54, 1.807) is 0 Å². The maximum atomic E-state index is 11.4. The summed E-state index contributed by atoms with van der Waals surface area (Å²) in [5.74, 6) is 3.28. The van der Waals surface area contributed by atoms with Crippen LogP contribution >= 0.6 is 0 Å². The third-order valence-electron chi connectivity index (χ3n) is 10.8. The SMILES string of the molecule is CC.CC.CC.CC.O=C1CC2CCCC2O1.O=C1CC2OC3OCOC3C2O1.O=C1OC2CC3CC(C2)CC1C3.O=C1OCC2CCCC12. The predicted molar refractivity (Wildman–Crippen MR) is 186 cm³/mol. The number of esters is 4. The molecule has 4 bridgehead atoms. The van der Waals surface area contributed by atoms with Crippen LogP contribution in [0.4, 0.5) is 0 Å². The molecule has 0 aromatic carbocycles. The van der Waals surface area contributed by atoms with E-state index in [4.69, 9.17) is 33.2 Å². The number of fused-ring (bicyclic) bond motifs is 6. The zero-order valence-corrected chi connectivity index (χ0v) is 32.0. The lowest BCUT2D eigenvalue weighted by molar-refractivity contribution is -0.151. The highest BCUT2D eigenvalue weighted by molar-refractivity contribution is 5.75. The van der Waals surface area contributed by atoms with Crippen LogP contribution in [0.25, 0.3) is 0 Å². The minimum absolute atomic E-state index is 0.0182. The smallest absolute Gasteiger partial charge is 0.309 e. The fourth-order valence-corrected chi connectivity index (χ4v) is 8.86. The molecule has 10 atom stereocenters. The van der Waals surface area contributed by atoms with E-state index in [0.29, 0.717) is 37.4 Å². The molecule has 4 aliphatic carbocycles. The summed E-state index contributed by atoms with van der Waals surface area (Å²) in [7, 11) is 0. The first-order valence-corrected chi connectivity index (χ1v) is 20.0. The van der Waals surface area contributed by atoms with Gasteiger partial charge >= 0.3 is 23.9 Å². The lowest BCUT2D eigenvalue weighted by Gasteiger charge is -2.35. The molecule has 7 saturated heterocycles. The summed E-state index contributed by atoms with van der Waals surface area (Å²) in [6.07, 6.45) is 13.6. The predicted octanol–water partition coefficient (Wildman–Crippen LogP) is 7.30. The summed E-state index contributed by atoms with van der Waals surface area (Å²) < 4.78 is 36.1. The van der Waals surface area contributed by atoms with Crippen LogP contribution in [-0.4, -0.2) is 74.1 Å². The number of cyclic esters (lactones) is 1. The topological polar surface area (TPSA) is 133 Å². The van der Waals surface area contributed by atoms with E-state index in [1.807, 2.05) is 55.4 Å². The highest BCUT2D eigenvalue weighted by Gasteiger charge is 2.55. The Morgan fingerprint density at radius 1 is 0.560 bits per heavy atom. The third kappa shape index (κ3) is 10.7. The summed E-state index contributed by atoms with van der Waals surface area (Å²) in [4.78, 5) is 43.8. The average Bonchev–Trinajstić information content (AvgIpc) is 3.99. The molecule has 288 valence electrons. The van der Waals surface area contributed by atoms with Gasteiger partial charge in [-0.05, 0) is 76.0 Å². The zero-order valence-electron chi connectivity index (χ0n) is 32.0. The molecule has 7 aliphatic heterocycles. The number of carbonyl (C=O) groups is 4. The molecule has 0 aromatic heterocycles. The Kier molecular flexibility index (Phi) is 18.0. The molecule has 10 unspecified atom stereocenters. The number of rotatable bonds is 0. The van der Waals surface area contributed by atoms with Gasteiger partial charge in [-0.15, -0.1) is 0 Å². The van der Waals surface area contributed by atoms with Crippen LogP contribution in [-0.2, 0) is 52.3 Å². The van der Waals surface area contributed by atoms with Crippen LogP contribution in [0.3, 0.4) is 0 Å². The molecule has 0 N–H and O–H groups in total. The average molecular weight is 711 g/mol. The monoisotopic (exact) mass is 710 g/mol. The number of hydrogen-bond acceptors (Lipinski definition) is 11. The molecular weight excluding hydrogens is 644 g/mol. The molecule has 0 amide bonds. The minimum Gasteiger partial charge on any atom is -0.465 e. The van der Waals surface area contributed by atoms with Crippen LogP contribution in [0, 0.1) is 35.5 Å². The van der Waals surface area contributed by atoms with Gasteiger partial charge in [-0.2, -0.15) is 0 Å². The van der Waals surface area contributed by atoms with Gasteiger partial charge in [0.1, 0.15) is 18.3 Å². The number of carbonyl (C=O) groups excluding carboxylic acids is 4. The van der Waals surface area contributed by atoms with Crippen molar-refractivity contribution in [1.82, 2.24) is 0 Å². The Balaban J connectivity index is 0.000000170. The van der Waals surface area contributed by atoms with Crippen molar-refractivity contribution in [2.45, 2.75) is 176 Å². The highest BCUT2D eigenvalue weighted by Crippen LogP contribution is 2.47. The van der Waals surface area contributed by atoms with Gasteiger partial charge in [-0.1, -0.05) is 61.8 Å². The van der Waals surface area contributed by atoms with Crippen LogP contribution in [0.5, 0.6) is 0 Å². The number of hydrogen-bond donors (Lipinski definition) is 0. The standard InChI is InChI=1S/C10H14O2.C7H8O5.2C7H10O2.4C2H6/c11-10-8-2-6-1-7(3-8)5-9(4-6)12-10;8-4-1-3-5(12-4)6-7(11-3)10-2-9-6;8-7-6-3-1-2-5(6)4-9-7;8-7-4-5-2-1-3-6(5)9-7;4*1-2/h6-9H,1-5H2;3,5-7H,1-2H2;2*5-6H,1-4H2;4*1-2H3. The maximum absolute atomic E-state index is 11.4. The van der Waals surface area contributed by atoms with E-state index in [1.165, 1.54) is 32.1 Å². The largest absolute Gasteiger partial charge is 0.465 e. The lowest BCUT2D eigenvalue weighted by atomic mass is 9.68. The fraction of sp³-hybridized carbons (Fsp3) is 0.897. The van der Waals surface area contributed by atoms with Crippen molar-refractivity contribution < 1.29 is 52.3 Å². The Bertz CT molecular complexity index is 1040. The van der Waals surface area contributed by atoms with E-state index in [9.17, 15) is 19.2 Å². The van der Waals surface area contributed by atoms with E-state index in [-0.39, 0.29) is 73.2 Å². The van der Waals surface area contributed by atoms with Gasteiger partial charge < -0.3 is 33.2 Å². The molecule has 4 saturated carbocycles. The van der Waals surface area contributed by atoms with Gasteiger partial charge in [0.2, 0.25) is 0 Å². The molecule has 7 heterocycles. The first-order chi connectivity index (χ1) is 24.4. The van der Waals surface area contributed by atoms with Gasteiger partial charge in [0, 0.05) is 11.8 Å².